The van der Waals surface area contributed by atoms with Crippen LogP contribution in [0.3, 0.4) is 0 Å². The van der Waals surface area contributed by atoms with Crippen LogP contribution in [0.1, 0.15) is 10.4 Å². The highest BCUT2D eigenvalue weighted by Crippen LogP contribution is 2.20. The molecule has 0 fully saturated rings. The van der Waals surface area contributed by atoms with Gasteiger partial charge in [0.1, 0.15) is 5.56 Å². The molecule has 0 bridgehead atoms. The second-order valence-electron chi connectivity index (χ2n) is 3.23. The molecule has 2 N–H and O–H groups in total. The SMILES string of the molecule is O=C(Nc1ccncc1Br)c1c[nH]ccc1=O. The molecule has 0 aliphatic rings. The number of hydrogen-bond acceptors (Lipinski definition) is 3. The molecule has 0 radical (unpaired) electrons. The number of carbonyl (C=O) groups excluding carboxylic acids is 1. The van der Waals surface area contributed by atoms with Gasteiger partial charge in [-0.2, -0.15) is 0 Å². The monoisotopic (exact) mass is 293 g/mol. The van der Waals surface area contributed by atoms with E-state index in [-0.39, 0.29) is 11.0 Å². The average molecular weight is 294 g/mol. The summed E-state index contributed by atoms with van der Waals surface area (Å²) in [5.41, 5.74) is 0.302. The third-order valence-corrected chi connectivity index (χ3v) is 2.72. The van der Waals surface area contributed by atoms with E-state index >= 15 is 0 Å². The fourth-order valence-corrected chi connectivity index (χ4v) is 1.61. The first-order valence-corrected chi connectivity index (χ1v) is 5.56. The molecule has 0 aromatic carbocycles. The molecule has 0 atom stereocenters. The number of aromatic amines is 1. The number of H-pyrrole nitrogens is 1. The van der Waals surface area contributed by atoms with Crippen molar-refractivity contribution in [2.45, 2.75) is 0 Å². The van der Waals surface area contributed by atoms with Gasteiger partial charge in [-0.15, -0.1) is 0 Å². The largest absolute Gasteiger partial charge is 0.367 e. The lowest BCUT2D eigenvalue weighted by Gasteiger charge is -2.05. The third kappa shape index (κ3) is 2.59. The summed E-state index contributed by atoms with van der Waals surface area (Å²) in [7, 11) is 0. The number of aromatic nitrogens is 2. The zero-order valence-electron chi connectivity index (χ0n) is 8.61. The van der Waals surface area contributed by atoms with E-state index in [9.17, 15) is 9.59 Å². The minimum absolute atomic E-state index is 0.0659. The van der Waals surface area contributed by atoms with Gasteiger partial charge in [-0.3, -0.25) is 14.6 Å². The van der Waals surface area contributed by atoms with Crippen LogP contribution in [0.4, 0.5) is 5.69 Å². The van der Waals surface area contributed by atoms with Crippen molar-refractivity contribution in [2.24, 2.45) is 0 Å². The highest BCUT2D eigenvalue weighted by atomic mass is 79.9. The first-order chi connectivity index (χ1) is 8.18. The van der Waals surface area contributed by atoms with E-state index in [0.29, 0.717) is 10.2 Å². The first-order valence-electron chi connectivity index (χ1n) is 4.76. The van der Waals surface area contributed by atoms with Gasteiger partial charge in [0, 0.05) is 30.9 Å². The van der Waals surface area contributed by atoms with Crippen LogP contribution in [0.15, 0.2) is 46.2 Å². The van der Waals surface area contributed by atoms with Crippen LogP contribution in [0.5, 0.6) is 0 Å². The maximum absolute atomic E-state index is 11.8. The van der Waals surface area contributed by atoms with Gasteiger partial charge in [0.05, 0.1) is 10.2 Å². The van der Waals surface area contributed by atoms with Crippen LogP contribution in [0.25, 0.3) is 0 Å². The van der Waals surface area contributed by atoms with E-state index in [1.54, 1.807) is 18.5 Å². The standard InChI is InChI=1S/C11H8BrN3O2/c12-8-6-14-3-1-9(8)15-11(17)7-5-13-4-2-10(7)16/h1-6H,(H,13,16)(H,14,15,17). The zero-order valence-corrected chi connectivity index (χ0v) is 10.2. The predicted molar refractivity (Wildman–Crippen MR) is 67.0 cm³/mol. The number of pyridine rings is 2. The van der Waals surface area contributed by atoms with Gasteiger partial charge in [-0.25, -0.2) is 0 Å². The van der Waals surface area contributed by atoms with E-state index < -0.39 is 5.91 Å². The maximum Gasteiger partial charge on any atom is 0.261 e. The van der Waals surface area contributed by atoms with Crippen LogP contribution in [0, 0.1) is 0 Å². The molecule has 2 heterocycles. The molecule has 5 nitrogen and oxygen atoms in total. The van der Waals surface area contributed by atoms with Gasteiger partial charge in [-0.05, 0) is 22.0 Å². The predicted octanol–water partition coefficient (Wildman–Crippen LogP) is 1.78. The Balaban J connectivity index is 2.27. The van der Waals surface area contributed by atoms with Crippen LogP contribution < -0.4 is 10.7 Å². The van der Waals surface area contributed by atoms with Crippen molar-refractivity contribution in [1.82, 2.24) is 9.97 Å². The van der Waals surface area contributed by atoms with Crippen LogP contribution in [0.2, 0.25) is 0 Å². The molecule has 2 aromatic heterocycles. The fraction of sp³-hybridized carbons (Fsp3) is 0. The number of halogens is 1. The van der Waals surface area contributed by atoms with Gasteiger partial charge in [0.15, 0.2) is 5.43 Å². The zero-order chi connectivity index (χ0) is 12.3. The number of rotatable bonds is 2. The fourth-order valence-electron chi connectivity index (χ4n) is 1.26. The summed E-state index contributed by atoms with van der Waals surface area (Å²) in [5.74, 6) is -0.459. The molecule has 1 amide bonds. The van der Waals surface area contributed by atoms with Crippen molar-refractivity contribution < 1.29 is 4.79 Å². The van der Waals surface area contributed by atoms with Gasteiger partial charge < -0.3 is 10.3 Å². The summed E-state index contributed by atoms with van der Waals surface area (Å²) >= 11 is 3.25. The molecular formula is C11H8BrN3O2. The Morgan fingerprint density at radius 1 is 1.41 bits per heavy atom. The molecular weight excluding hydrogens is 286 g/mol. The number of nitrogens with one attached hydrogen (secondary N) is 2. The number of anilines is 1. The van der Waals surface area contributed by atoms with Crippen molar-refractivity contribution in [3.05, 3.63) is 57.2 Å². The van der Waals surface area contributed by atoms with Crippen molar-refractivity contribution in [1.29, 1.82) is 0 Å². The van der Waals surface area contributed by atoms with Crippen LogP contribution in [-0.2, 0) is 0 Å². The molecule has 0 unspecified atom stereocenters. The molecule has 0 saturated carbocycles. The number of carbonyl (C=O) groups is 1. The second kappa shape index (κ2) is 4.92. The first kappa shape index (κ1) is 11.5. The second-order valence-corrected chi connectivity index (χ2v) is 4.09. The van der Waals surface area contributed by atoms with Crippen LogP contribution in [-0.4, -0.2) is 15.9 Å². The molecule has 0 aliphatic heterocycles. The number of nitrogens with zero attached hydrogens (tertiary/aromatic N) is 1. The van der Waals surface area contributed by atoms with Gasteiger partial charge >= 0.3 is 0 Å². The molecule has 0 saturated heterocycles. The Labute approximate surface area is 105 Å². The lowest BCUT2D eigenvalue weighted by Crippen LogP contribution is -2.21. The Bertz CT molecular complexity index is 609. The Morgan fingerprint density at radius 3 is 2.94 bits per heavy atom. The quantitative estimate of drug-likeness (QED) is 0.886. The molecule has 2 aromatic rings. The van der Waals surface area contributed by atoms with Gasteiger partial charge in [-0.1, -0.05) is 0 Å². The number of hydrogen-bond donors (Lipinski definition) is 2. The third-order valence-electron chi connectivity index (χ3n) is 2.09. The van der Waals surface area contributed by atoms with Crippen LogP contribution >= 0.6 is 15.9 Å². The molecule has 0 aliphatic carbocycles. The lowest BCUT2D eigenvalue weighted by atomic mass is 10.2. The van der Waals surface area contributed by atoms with Gasteiger partial charge in [0.2, 0.25) is 0 Å². The van der Waals surface area contributed by atoms with E-state index in [0.717, 1.165) is 0 Å². The van der Waals surface area contributed by atoms with Crippen molar-refractivity contribution in [3.63, 3.8) is 0 Å². The Kier molecular flexibility index (Phi) is 3.34. The minimum Gasteiger partial charge on any atom is -0.367 e. The molecule has 86 valence electrons. The Morgan fingerprint density at radius 2 is 2.24 bits per heavy atom. The summed E-state index contributed by atoms with van der Waals surface area (Å²) in [4.78, 5) is 29.8. The topological polar surface area (TPSA) is 74.8 Å². The number of amides is 1. The summed E-state index contributed by atoms with van der Waals surface area (Å²) in [6, 6.07) is 2.94. The van der Waals surface area contributed by atoms with E-state index in [1.807, 2.05) is 0 Å². The molecule has 2 rings (SSSR count). The lowest BCUT2D eigenvalue weighted by molar-refractivity contribution is 0.102. The Hall–Kier alpha value is -1.95. The minimum atomic E-state index is -0.459. The van der Waals surface area contributed by atoms with Gasteiger partial charge in [0.25, 0.3) is 5.91 Å². The highest BCUT2D eigenvalue weighted by molar-refractivity contribution is 9.10. The molecule has 17 heavy (non-hydrogen) atoms. The van der Waals surface area contributed by atoms with Crippen molar-refractivity contribution >= 4 is 27.5 Å². The summed E-state index contributed by atoms with van der Waals surface area (Å²) in [5, 5.41) is 2.62. The normalized spacial score (nSPS) is 9.94. The summed E-state index contributed by atoms with van der Waals surface area (Å²) < 4.78 is 0.653. The molecule has 0 spiro atoms. The highest BCUT2D eigenvalue weighted by Gasteiger charge is 2.10. The van der Waals surface area contributed by atoms with Crippen molar-refractivity contribution in [2.75, 3.05) is 5.32 Å². The van der Waals surface area contributed by atoms with Crippen molar-refractivity contribution in [3.8, 4) is 0 Å². The average Bonchev–Trinajstić information content (AvgIpc) is 2.32. The maximum atomic E-state index is 11.8. The van der Waals surface area contributed by atoms with E-state index in [1.165, 1.54) is 18.5 Å². The summed E-state index contributed by atoms with van der Waals surface area (Å²) in [6.07, 6.45) is 5.95. The van der Waals surface area contributed by atoms with E-state index in [2.05, 4.69) is 31.2 Å². The smallest absolute Gasteiger partial charge is 0.261 e. The summed E-state index contributed by atoms with van der Waals surface area (Å²) in [6.45, 7) is 0. The molecule has 6 heteroatoms. The van der Waals surface area contributed by atoms with E-state index in [4.69, 9.17) is 0 Å².